The molecule has 0 bridgehead atoms. The first kappa shape index (κ1) is 16.0. The highest BCUT2D eigenvalue weighted by atomic mass is 16.5. The molecule has 108 valence electrons. The maximum Gasteiger partial charge on any atom is 0.123 e. The predicted octanol–water partition coefficient (Wildman–Crippen LogP) is 4.05. The summed E-state index contributed by atoms with van der Waals surface area (Å²) in [4.78, 5) is 0. The topological polar surface area (TPSA) is 35.2 Å². The van der Waals surface area contributed by atoms with Crippen LogP contribution in [0.4, 0.5) is 0 Å². The summed E-state index contributed by atoms with van der Waals surface area (Å²) >= 11 is 0. The lowest BCUT2D eigenvalue weighted by molar-refractivity contribution is 0.308. The van der Waals surface area contributed by atoms with Gasteiger partial charge in [-0.3, -0.25) is 0 Å². The Morgan fingerprint density at radius 1 is 1.21 bits per heavy atom. The lowest BCUT2D eigenvalue weighted by Crippen LogP contribution is -2.22. The normalized spacial score (nSPS) is 13.4. The minimum Gasteiger partial charge on any atom is -0.493 e. The maximum atomic E-state index is 6.05. The van der Waals surface area contributed by atoms with Gasteiger partial charge in [-0.25, -0.2) is 0 Å². The van der Waals surface area contributed by atoms with Gasteiger partial charge in [-0.05, 0) is 41.9 Å². The number of rotatable bonds is 6. The van der Waals surface area contributed by atoms with Crippen molar-refractivity contribution in [1.82, 2.24) is 0 Å². The van der Waals surface area contributed by atoms with Crippen LogP contribution in [0.2, 0.25) is 0 Å². The van der Waals surface area contributed by atoms with Gasteiger partial charge in [0.05, 0.1) is 6.61 Å². The molecule has 1 rings (SSSR count). The molecule has 0 aliphatic heterocycles. The first-order valence-corrected chi connectivity index (χ1v) is 7.40. The van der Waals surface area contributed by atoms with E-state index in [4.69, 9.17) is 10.5 Å². The summed E-state index contributed by atoms with van der Waals surface area (Å²) in [5.41, 5.74) is 8.73. The zero-order chi connectivity index (χ0) is 14.5. The quantitative estimate of drug-likeness (QED) is 0.840. The van der Waals surface area contributed by atoms with Gasteiger partial charge in [0.25, 0.3) is 0 Å². The number of hydrogen-bond donors (Lipinski definition) is 1. The van der Waals surface area contributed by atoms with Crippen molar-refractivity contribution < 1.29 is 4.74 Å². The molecule has 0 fully saturated rings. The molecule has 1 aromatic carbocycles. The second-order valence-corrected chi connectivity index (χ2v) is 6.30. The number of nitrogens with two attached hydrogens (primary N) is 1. The van der Waals surface area contributed by atoms with Gasteiger partial charge < -0.3 is 10.5 Å². The van der Waals surface area contributed by atoms with Gasteiger partial charge in [0, 0.05) is 6.04 Å². The van der Waals surface area contributed by atoms with Crippen molar-refractivity contribution in [2.75, 3.05) is 6.61 Å². The lowest BCUT2D eigenvalue weighted by Gasteiger charge is -2.24. The van der Waals surface area contributed by atoms with Gasteiger partial charge in [-0.2, -0.15) is 0 Å². The van der Waals surface area contributed by atoms with E-state index >= 15 is 0 Å². The third kappa shape index (κ3) is 4.87. The number of ether oxygens (including phenoxy) is 1. The summed E-state index contributed by atoms with van der Waals surface area (Å²) in [6.45, 7) is 11.7. The lowest BCUT2D eigenvalue weighted by atomic mass is 9.84. The van der Waals surface area contributed by atoms with E-state index in [2.05, 4.69) is 52.8 Å². The Kier molecular flexibility index (Phi) is 5.86. The first-order chi connectivity index (χ1) is 8.88. The second kappa shape index (κ2) is 6.95. The van der Waals surface area contributed by atoms with Gasteiger partial charge in [0.2, 0.25) is 0 Å². The summed E-state index contributed by atoms with van der Waals surface area (Å²) in [7, 11) is 0. The van der Waals surface area contributed by atoms with Gasteiger partial charge in [0.15, 0.2) is 0 Å². The van der Waals surface area contributed by atoms with Gasteiger partial charge >= 0.3 is 0 Å². The molecule has 0 aliphatic carbocycles. The fourth-order valence-electron chi connectivity index (χ4n) is 2.08. The zero-order valence-electron chi connectivity index (χ0n) is 13.1. The summed E-state index contributed by atoms with van der Waals surface area (Å²) < 4.78 is 5.87. The smallest absolute Gasteiger partial charge is 0.123 e. The third-order valence-electron chi connectivity index (χ3n) is 3.34. The molecule has 0 radical (unpaired) electrons. The molecular weight excluding hydrogens is 234 g/mol. The summed E-state index contributed by atoms with van der Waals surface area (Å²) in [6.07, 6.45) is 2.98. The Balaban J connectivity index is 3.01. The molecule has 0 spiro atoms. The molecule has 0 amide bonds. The highest BCUT2D eigenvalue weighted by Gasteiger charge is 2.19. The molecule has 19 heavy (non-hydrogen) atoms. The summed E-state index contributed by atoms with van der Waals surface area (Å²) in [5, 5.41) is 0. The summed E-state index contributed by atoms with van der Waals surface area (Å²) in [6, 6.07) is 6.76. The minimum atomic E-state index is 0.0927. The molecule has 0 saturated carbocycles. The van der Waals surface area contributed by atoms with E-state index in [0.29, 0.717) is 0 Å². The summed E-state index contributed by atoms with van der Waals surface area (Å²) in [5.74, 6) is 1.02. The van der Waals surface area contributed by atoms with Crippen LogP contribution in [0.25, 0.3) is 0 Å². The van der Waals surface area contributed by atoms with Gasteiger partial charge in [-0.1, -0.05) is 46.8 Å². The average molecular weight is 263 g/mol. The fourth-order valence-corrected chi connectivity index (χ4v) is 2.08. The second-order valence-electron chi connectivity index (χ2n) is 6.30. The van der Waals surface area contributed by atoms with Crippen LogP contribution in [0.15, 0.2) is 18.2 Å². The average Bonchev–Trinajstić information content (AvgIpc) is 2.35. The van der Waals surface area contributed by atoms with Crippen molar-refractivity contribution in [3.8, 4) is 5.75 Å². The van der Waals surface area contributed by atoms with Crippen LogP contribution in [-0.4, -0.2) is 12.6 Å². The van der Waals surface area contributed by atoms with Crippen LogP contribution in [0.1, 0.15) is 58.6 Å². The number of benzene rings is 1. The Morgan fingerprint density at radius 3 is 2.42 bits per heavy atom. The SMILES string of the molecule is CCCOc1ccc(CC(N)CC)cc1C(C)(C)C. The van der Waals surface area contributed by atoms with Gasteiger partial charge in [-0.15, -0.1) is 0 Å². The van der Waals surface area contributed by atoms with E-state index in [1.807, 2.05) is 0 Å². The van der Waals surface area contributed by atoms with Crippen LogP contribution in [-0.2, 0) is 11.8 Å². The highest BCUT2D eigenvalue weighted by molar-refractivity contribution is 5.42. The zero-order valence-corrected chi connectivity index (χ0v) is 13.1. The largest absolute Gasteiger partial charge is 0.493 e. The number of hydrogen-bond acceptors (Lipinski definition) is 2. The van der Waals surface area contributed by atoms with Crippen molar-refractivity contribution >= 4 is 0 Å². The van der Waals surface area contributed by atoms with E-state index in [-0.39, 0.29) is 11.5 Å². The molecule has 0 aliphatic rings. The Bertz CT molecular complexity index is 393. The van der Waals surface area contributed by atoms with E-state index in [9.17, 15) is 0 Å². The Morgan fingerprint density at radius 2 is 1.89 bits per heavy atom. The predicted molar refractivity (Wildman–Crippen MR) is 82.9 cm³/mol. The van der Waals surface area contributed by atoms with E-state index in [0.717, 1.165) is 31.6 Å². The molecular formula is C17H29NO. The monoisotopic (exact) mass is 263 g/mol. The van der Waals surface area contributed by atoms with Crippen LogP contribution in [0.3, 0.4) is 0 Å². The first-order valence-electron chi connectivity index (χ1n) is 7.40. The van der Waals surface area contributed by atoms with Crippen LogP contribution < -0.4 is 10.5 Å². The molecule has 2 heteroatoms. The van der Waals surface area contributed by atoms with Crippen molar-refractivity contribution in [3.63, 3.8) is 0 Å². The van der Waals surface area contributed by atoms with Crippen molar-refractivity contribution in [2.24, 2.45) is 5.73 Å². The van der Waals surface area contributed by atoms with E-state index in [1.54, 1.807) is 0 Å². The van der Waals surface area contributed by atoms with Crippen LogP contribution >= 0.6 is 0 Å². The van der Waals surface area contributed by atoms with Crippen molar-refractivity contribution in [1.29, 1.82) is 0 Å². The molecule has 1 unspecified atom stereocenters. The highest BCUT2D eigenvalue weighted by Crippen LogP contribution is 2.32. The molecule has 2 N–H and O–H groups in total. The Hall–Kier alpha value is -1.02. The Labute approximate surface area is 118 Å². The molecule has 1 atom stereocenters. The van der Waals surface area contributed by atoms with E-state index in [1.165, 1.54) is 11.1 Å². The minimum absolute atomic E-state index is 0.0927. The molecule has 0 aromatic heterocycles. The van der Waals surface area contributed by atoms with Crippen LogP contribution in [0.5, 0.6) is 5.75 Å². The fraction of sp³-hybridized carbons (Fsp3) is 0.647. The molecule has 2 nitrogen and oxygen atoms in total. The third-order valence-corrected chi connectivity index (χ3v) is 3.34. The van der Waals surface area contributed by atoms with Crippen molar-refractivity contribution in [3.05, 3.63) is 29.3 Å². The maximum absolute atomic E-state index is 6.05. The van der Waals surface area contributed by atoms with Gasteiger partial charge in [0.1, 0.15) is 5.75 Å². The standard InChI is InChI=1S/C17H29NO/c1-6-10-19-16-9-8-13(11-14(18)7-2)12-15(16)17(3,4)5/h8-9,12,14H,6-7,10-11,18H2,1-5H3. The molecule has 0 heterocycles. The van der Waals surface area contributed by atoms with Crippen molar-refractivity contribution in [2.45, 2.75) is 65.3 Å². The molecule has 1 aromatic rings. The molecule has 0 saturated heterocycles. The van der Waals surface area contributed by atoms with Crippen LogP contribution in [0, 0.1) is 0 Å². The van der Waals surface area contributed by atoms with E-state index < -0.39 is 0 Å².